The molecule has 0 aromatic carbocycles. The van der Waals surface area contributed by atoms with E-state index >= 15 is 0 Å². The number of hydrogen-bond donors (Lipinski definition) is 1. The van der Waals surface area contributed by atoms with Gasteiger partial charge in [0.2, 0.25) is 0 Å². The van der Waals surface area contributed by atoms with E-state index in [1.165, 1.54) is 0 Å². The van der Waals surface area contributed by atoms with Crippen molar-refractivity contribution in [3.05, 3.63) is 0 Å². The van der Waals surface area contributed by atoms with Gasteiger partial charge in [0, 0.05) is 13.1 Å². The van der Waals surface area contributed by atoms with Gasteiger partial charge in [-0.05, 0) is 27.7 Å². The molecule has 1 heterocycles. The summed E-state index contributed by atoms with van der Waals surface area (Å²) in [5.41, 5.74) is -0.799. The topological polar surface area (TPSA) is 49.8 Å². The van der Waals surface area contributed by atoms with E-state index in [9.17, 15) is 4.79 Å². The van der Waals surface area contributed by atoms with E-state index < -0.39 is 11.5 Å². The Kier molecular flexibility index (Phi) is 3.17. The molecule has 2 atom stereocenters. The Hall–Kier alpha value is -0.610. The van der Waals surface area contributed by atoms with Crippen molar-refractivity contribution in [2.75, 3.05) is 13.1 Å². The predicted molar refractivity (Wildman–Crippen MR) is 53.3 cm³/mol. The van der Waals surface area contributed by atoms with Crippen molar-refractivity contribution >= 4 is 5.97 Å². The average molecular weight is 201 g/mol. The number of aliphatic carboxylic acids is 1. The van der Waals surface area contributed by atoms with Gasteiger partial charge in [0.05, 0.1) is 12.2 Å². The van der Waals surface area contributed by atoms with Crippen LogP contribution in [0.4, 0.5) is 0 Å². The van der Waals surface area contributed by atoms with Gasteiger partial charge in [-0.3, -0.25) is 9.69 Å². The summed E-state index contributed by atoms with van der Waals surface area (Å²) in [5.74, 6) is -0.779. The minimum atomic E-state index is -0.799. The highest BCUT2D eigenvalue weighted by molar-refractivity contribution is 5.77. The quantitative estimate of drug-likeness (QED) is 0.723. The number of carbonyl (C=O) groups is 1. The highest BCUT2D eigenvalue weighted by atomic mass is 16.5. The lowest BCUT2D eigenvalue weighted by molar-refractivity contribution is -0.157. The van der Waals surface area contributed by atoms with Crippen LogP contribution in [0.3, 0.4) is 0 Å². The number of nitrogens with zero attached hydrogens (tertiary/aromatic N) is 1. The van der Waals surface area contributed by atoms with Crippen LogP contribution in [0.25, 0.3) is 0 Å². The van der Waals surface area contributed by atoms with Crippen LogP contribution in [-0.2, 0) is 9.53 Å². The molecule has 4 nitrogen and oxygen atoms in total. The molecular weight excluding hydrogens is 182 g/mol. The number of ether oxygens (including phenoxy) is 1. The highest BCUT2D eigenvalue weighted by Crippen LogP contribution is 2.21. The minimum absolute atomic E-state index is 0.109. The summed E-state index contributed by atoms with van der Waals surface area (Å²) in [4.78, 5) is 13.0. The second-order valence-electron chi connectivity index (χ2n) is 4.53. The van der Waals surface area contributed by atoms with Crippen LogP contribution in [0.1, 0.15) is 27.7 Å². The van der Waals surface area contributed by atoms with E-state index in [0.29, 0.717) is 13.1 Å². The molecule has 0 spiro atoms. The first-order valence-electron chi connectivity index (χ1n) is 4.98. The van der Waals surface area contributed by atoms with E-state index in [4.69, 9.17) is 9.84 Å². The molecule has 0 amide bonds. The lowest BCUT2D eigenvalue weighted by Crippen LogP contribution is -2.58. The Morgan fingerprint density at radius 3 is 2.14 bits per heavy atom. The van der Waals surface area contributed by atoms with E-state index in [1.807, 2.05) is 18.7 Å². The molecule has 1 aliphatic rings. The first kappa shape index (κ1) is 11.5. The van der Waals surface area contributed by atoms with Crippen molar-refractivity contribution in [2.24, 2.45) is 0 Å². The van der Waals surface area contributed by atoms with Crippen molar-refractivity contribution < 1.29 is 14.6 Å². The number of rotatable bonds is 2. The van der Waals surface area contributed by atoms with E-state index in [-0.39, 0.29) is 12.2 Å². The zero-order chi connectivity index (χ0) is 10.9. The Bertz CT molecular complexity index is 217. The zero-order valence-electron chi connectivity index (χ0n) is 9.28. The third-order valence-electron chi connectivity index (χ3n) is 2.73. The lowest BCUT2D eigenvalue weighted by Gasteiger charge is -2.42. The summed E-state index contributed by atoms with van der Waals surface area (Å²) in [6.45, 7) is 8.79. The summed E-state index contributed by atoms with van der Waals surface area (Å²) in [7, 11) is 0. The fraction of sp³-hybridized carbons (Fsp3) is 0.900. The van der Waals surface area contributed by atoms with Gasteiger partial charge in [-0.1, -0.05) is 0 Å². The highest BCUT2D eigenvalue weighted by Gasteiger charge is 2.38. The second kappa shape index (κ2) is 3.87. The standard InChI is InChI=1S/C10H19NO3/c1-7-5-11(6-8(2)14-7)10(3,4)9(12)13/h7-8H,5-6H2,1-4H3,(H,12,13)/t7-,8+. The maximum Gasteiger partial charge on any atom is 0.323 e. The maximum atomic E-state index is 11.1. The van der Waals surface area contributed by atoms with Crippen LogP contribution in [0, 0.1) is 0 Å². The third-order valence-corrected chi connectivity index (χ3v) is 2.73. The average Bonchev–Trinajstić information content (AvgIpc) is 2.01. The second-order valence-corrected chi connectivity index (χ2v) is 4.53. The molecule has 0 bridgehead atoms. The zero-order valence-corrected chi connectivity index (χ0v) is 9.28. The molecule has 0 unspecified atom stereocenters. The molecule has 0 aliphatic carbocycles. The van der Waals surface area contributed by atoms with Crippen LogP contribution in [0.5, 0.6) is 0 Å². The van der Waals surface area contributed by atoms with Gasteiger partial charge in [0.25, 0.3) is 0 Å². The van der Waals surface area contributed by atoms with Crippen LogP contribution < -0.4 is 0 Å². The van der Waals surface area contributed by atoms with Gasteiger partial charge >= 0.3 is 5.97 Å². The summed E-state index contributed by atoms with van der Waals surface area (Å²) in [5, 5.41) is 9.08. The minimum Gasteiger partial charge on any atom is -0.480 e. The molecule has 1 saturated heterocycles. The van der Waals surface area contributed by atoms with Gasteiger partial charge in [0.15, 0.2) is 0 Å². The van der Waals surface area contributed by atoms with E-state index in [1.54, 1.807) is 13.8 Å². The molecule has 1 aliphatic heterocycles. The SMILES string of the molecule is C[C@@H]1CN(C(C)(C)C(=O)O)C[C@H](C)O1. The van der Waals surface area contributed by atoms with Gasteiger partial charge in [-0.2, -0.15) is 0 Å². The molecule has 1 rings (SSSR count). The van der Waals surface area contributed by atoms with E-state index in [0.717, 1.165) is 0 Å². The molecule has 0 saturated carbocycles. The molecule has 0 radical (unpaired) electrons. The van der Waals surface area contributed by atoms with E-state index in [2.05, 4.69) is 0 Å². The molecular formula is C10H19NO3. The molecule has 4 heteroatoms. The Morgan fingerprint density at radius 1 is 1.36 bits per heavy atom. The fourth-order valence-corrected chi connectivity index (χ4v) is 1.77. The summed E-state index contributed by atoms with van der Waals surface area (Å²) in [6.07, 6.45) is 0.217. The lowest BCUT2D eigenvalue weighted by atomic mass is 10.0. The first-order valence-corrected chi connectivity index (χ1v) is 4.98. The molecule has 1 fully saturated rings. The molecule has 0 aromatic heterocycles. The van der Waals surface area contributed by atoms with Crippen LogP contribution in [0.15, 0.2) is 0 Å². The van der Waals surface area contributed by atoms with Crippen molar-refractivity contribution in [2.45, 2.75) is 45.4 Å². The molecule has 1 N–H and O–H groups in total. The monoisotopic (exact) mass is 201 g/mol. The van der Waals surface area contributed by atoms with Crippen LogP contribution >= 0.6 is 0 Å². The van der Waals surface area contributed by atoms with Gasteiger partial charge < -0.3 is 9.84 Å². The van der Waals surface area contributed by atoms with Crippen molar-refractivity contribution in [1.82, 2.24) is 4.90 Å². The predicted octanol–water partition coefficient (Wildman–Crippen LogP) is 0.959. The smallest absolute Gasteiger partial charge is 0.323 e. The number of carboxylic acids is 1. The molecule has 14 heavy (non-hydrogen) atoms. The van der Waals surface area contributed by atoms with Gasteiger partial charge in [0.1, 0.15) is 5.54 Å². The van der Waals surface area contributed by atoms with Gasteiger partial charge in [-0.15, -0.1) is 0 Å². The van der Waals surface area contributed by atoms with Crippen molar-refractivity contribution in [3.8, 4) is 0 Å². The number of hydrogen-bond acceptors (Lipinski definition) is 3. The third kappa shape index (κ3) is 2.25. The summed E-state index contributed by atoms with van der Waals surface area (Å²) < 4.78 is 5.56. The Balaban J connectivity index is 2.72. The maximum absolute atomic E-state index is 11.1. The molecule has 0 aromatic rings. The summed E-state index contributed by atoms with van der Waals surface area (Å²) in [6, 6.07) is 0. The van der Waals surface area contributed by atoms with Crippen LogP contribution in [0.2, 0.25) is 0 Å². The Labute approximate surface area is 84.8 Å². The number of carboxylic acid groups (broad SMARTS) is 1. The normalized spacial score (nSPS) is 30.3. The largest absolute Gasteiger partial charge is 0.480 e. The first-order chi connectivity index (χ1) is 6.34. The van der Waals surface area contributed by atoms with Crippen molar-refractivity contribution in [3.63, 3.8) is 0 Å². The Morgan fingerprint density at radius 2 is 1.79 bits per heavy atom. The summed E-state index contributed by atoms with van der Waals surface area (Å²) >= 11 is 0. The van der Waals surface area contributed by atoms with Crippen molar-refractivity contribution in [1.29, 1.82) is 0 Å². The number of morpholine rings is 1. The molecule has 82 valence electrons. The van der Waals surface area contributed by atoms with Crippen LogP contribution in [-0.4, -0.2) is 46.8 Å². The fourth-order valence-electron chi connectivity index (χ4n) is 1.77. The van der Waals surface area contributed by atoms with Gasteiger partial charge in [-0.25, -0.2) is 0 Å².